The average molecular weight is 654 g/mol. The molecule has 6 rings (SSSR count). The molecule has 4 aromatic rings. The molecular weight excluding hydrogens is 606 g/mol. The second-order valence-electron chi connectivity index (χ2n) is 14.9. The SMILES string of the molecule is CC(C)(C)OC(=O)N1CCC(CNc2cc(N(Cc3ccc(-c4ccccn4)cc3)C(=O)OC(C)(C)C)n3ncc(C4CC4)c3n2)CC1. The van der Waals surface area contributed by atoms with Gasteiger partial charge >= 0.3 is 12.2 Å². The molecule has 0 radical (unpaired) electrons. The topological polar surface area (TPSA) is 114 Å². The first kappa shape index (κ1) is 33.2. The molecule has 1 aromatic carbocycles. The van der Waals surface area contributed by atoms with Crippen LogP contribution in [0.3, 0.4) is 0 Å². The Balaban J connectivity index is 1.26. The molecule has 2 aliphatic rings. The predicted molar refractivity (Wildman–Crippen MR) is 186 cm³/mol. The molecule has 254 valence electrons. The summed E-state index contributed by atoms with van der Waals surface area (Å²) < 4.78 is 13.3. The van der Waals surface area contributed by atoms with E-state index >= 15 is 0 Å². The highest BCUT2D eigenvalue weighted by atomic mass is 16.6. The van der Waals surface area contributed by atoms with Crippen LogP contribution in [0.2, 0.25) is 0 Å². The van der Waals surface area contributed by atoms with E-state index in [9.17, 15) is 9.59 Å². The smallest absolute Gasteiger partial charge is 0.416 e. The van der Waals surface area contributed by atoms with E-state index in [1.165, 1.54) is 0 Å². The number of amides is 2. The van der Waals surface area contributed by atoms with Gasteiger partial charge in [-0.2, -0.15) is 9.61 Å². The molecule has 3 aromatic heterocycles. The number of hydrogen-bond acceptors (Lipinski definition) is 8. The van der Waals surface area contributed by atoms with Gasteiger partial charge < -0.3 is 19.7 Å². The fourth-order valence-corrected chi connectivity index (χ4v) is 5.88. The highest BCUT2D eigenvalue weighted by molar-refractivity contribution is 5.88. The van der Waals surface area contributed by atoms with E-state index in [1.54, 1.807) is 20.5 Å². The van der Waals surface area contributed by atoms with Crippen LogP contribution in [0.1, 0.15) is 84.3 Å². The number of benzene rings is 1. The number of carbonyl (C=O) groups excluding carboxylic acids is 2. The lowest BCUT2D eigenvalue weighted by Gasteiger charge is -2.33. The van der Waals surface area contributed by atoms with Crippen LogP contribution in [0.5, 0.6) is 0 Å². The number of hydrogen-bond donors (Lipinski definition) is 1. The van der Waals surface area contributed by atoms with Gasteiger partial charge in [0.15, 0.2) is 5.65 Å². The minimum atomic E-state index is -0.692. The van der Waals surface area contributed by atoms with E-state index in [1.807, 2.05) is 96.3 Å². The summed E-state index contributed by atoms with van der Waals surface area (Å²) in [4.78, 5) is 39.4. The van der Waals surface area contributed by atoms with Crippen LogP contribution in [0.15, 0.2) is 60.9 Å². The van der Waals surface area contributed by atoms with Gasteiger partial charge in [-0.3, -0.25) is 9.88 Å². The average Bonchev–Trinajstić information content (AvgIpc) is 3.80. The summed E-state index contributed by atoms with van der Waals surface area (Å²) >= 11 is 0. The zero-order valence-corrected chi connectivity index (χ0v) is 28.9. The molecule has 1 saturated carbocycles. The van der Waals surface area contributed by atoms with Crippen molar-refractivity contribution < 1.29 is 19.1 Å². The summed E-state index contributed by atoms with van der Waals surface area (Å²) in [6, 6.07) is 15.8. The summed E-state index contributed by atoms with van der Waals surface area (Å²) in [5.41, 5.74) is 3.46. The van der Waals surface area contributed by atoms with Gasteiger partial charge in [0.05, 0.1) is 18.4 Å². The van der Waals surface area contributed by atoms with Crippen molar-refractivity contribution in [3.8, 4) is 11.3 Å². The monoisotopic (exact) mass is 653 g/mol. The molecule has 0 unspecified atom stereocenters. The fourth-order valence-electron chi connectivity index (χ4n) is 5.88. The number of ether oxygens (including phenoxy) is 2. The van der Waals surface area contributed by atoms with Gasteiger partial charge in [0, 0.05) is 43.0 Å². The molecule has 0 atom stereocenters. The number of fused-ring (bicyclic) bond motifs is 1. The van der Waals surface area contributed by atoms with Crippen LogP contribution >= 0.6 is 0 Å². The zero-order valence-electron chi connectivity index (χ0n) is 28.9. The number of nitrogens with zero attached hydrogens (tertiary/aromatic N) is 6. The lowest BCUT2D eigenvalue weighted by atomic mass is 9.97. The maximum absolute atomic E-state index is 13.9. The molecule has 2 amide bonds. The van der Waals surface area contributed by atoms with Crippen molar-refractivity contribution in [3.63, 3.8) is 0 Å². The van der Waals surface area contributed by atoms with Crippen molar-refractivity contribution in [2.24, 2.45) is 5.92 Å². The number of piperidine rings is 1. The minimum absolute atomic E-state index is 0.257. The Kier molecular flexibility index (Phi) is 9.31. The van der Waals surface area contributed by atoms with Crippen LogP contribution < -0.4 is 10.2 Å². The van der Waals surface area contributed by atoms with Crippen LogP contribution in [0.25, 0.3) is 16.9 Å². The third kappa shape index (κ3) is 8.24. The molecule has 1 aliphatic carbocycles. The Bertz CT molecular complexity index is 1730. The molecule has 0 spiro atoms. The number of pyridine rings is 1. The van der Waals surface area contributed by atoms with Gasteiger partial charge in [-0.1, -0.05) is 30.3 Å². The number of rotatable bonds is 8. The number of likely N-dealkylation sites (tertiary alicyclic amines) is 1. The Morgan fingerprint density at radius 2 is 1.65 bits per heavy atom. The molecule has 4 heterocycles. The Hall–Kier alpha value is -4.67. The van der Waals surface area contributed by atoms with Gasteiger partial charge in [-0.15, -0.1) is 0 Å². The van der Waals surface area contributed by atoms with Crippen molar-refractivity contribution in [1.29, 1.82) is 0 Å². The molecule has 1 aliphatic heterocycles. The first-order valence-corrected chi connectivity index (χ1v) is 16.9. The molecule has 48 heavy (non-hydrogen) atoms. The van der Waals surface area contributed by atoms with Crippen LogP contribution in [-0.2, 0) is 16.0 Å². The Morgan fingerprint density at radius 3 is 2.27 bits per heavy atom. The fraction of sp³-hybridized carbons (Fsp3) is 0.486. The van der Waals surface area contributed by atoms with E-state index in [4.69, 9.17) is 19.6 Å². The van der Waals surface area contributed by atoms with Gasteiger partial charge in [-0.25, -0.2) is 14.6 Å². The third-order valence-corrected chi connectivity index (χ3v) is 8.48. The standard InChI is InChI=1S/C37H47N7O4/c1-36(2,3)47-34(45)42-19-16-25(17-20-42)22-39-31-21-32(44-33(41-31)29(23-40-44)27-14-15-27)43(35(46)48-37(4,5)6)24-26-10-12-28(13-11-26)30-9-7-8-18-38-30/h7-13,18,21,23,25,27H,14-17,19-20,22,24H2,1-6H3,(H,39,41). The van der Waals surface area contributed by atoms with Crippen molar-refractivity contribution in [1.82, 2.24) is 24.5 Å². The molecule has 11 heteroatoms. The summed E-state index contributed by atoms with van der Waals surface area (Å²) in [5, 5.41) is 8.30. The van der Waals surface area contributed by atoms with Crippen molar-refractivity contribution in [2.75, 3.05) is 29.9 Å². The number of anilines is 2. The number of aromatic nitrogens is 4. The second kappa shape index (κ2) is 13.4. The molecule has 1 saturated heterocycles. The van der Waals surface area contributed by atoms with E-state index in [2.05, 4.69) is 10.3 Å². The maximum Gasteiger partial charge on any atom is 0.416 e. The number of nitrogens with one attached hydrogen (secondary N) is 1. The summed E-state index contributed by atoms with van der Waals surface area (Å²) in [7, 11) is 0. The van der Waals surface area contributed by atoms with E-state index in [-0.39, 0.29) is 12.6 Å². The van der Waals surface area contributed by atoms with Crippen molar-refractivity contribution in [2.45, 2.75) is 90.9 Å². The largest absolute Gasteiger partial charge is 0.444 e. The van der Waals surface area contributed by atoms with Gasteiger partial charge in [-0.05, 0) is 96.8 Å². The van der Waals surface area contributed by atoms with Gasteiger partial charge in [0.2, 0.25) is 0 Å². The Labute approximate surface area is 282 Å². The van der Waals surface area contributed by atoms with Crippen LogP contribution in [-0.4, -0.2) is 67.5 Å². The van der Waals surface area contributed by atoms with E-state index in [0.29, 0.717) is 43.1 Å². The normalized spacial score (nSPS) is 15.8. The highest BCUT2D eigenvalue weighted by Gasteiger charge is 2.32. The molecule has 11 nitrogen and oxygen atoms in total. The van der Waals surface area contributed by atoms with Crippen molar-refractivity contribution in [3.05, 3.63) is 72.1 Å². The van der Waals surface area contributed by atoms with Crippen LogP contribution in [0, 0.1) is 5.92 Å². The highest BCUT2D eigenvalue weighted by Crippen LogP contribution is 2.42. The summed E-state index contributed by atoms with van der Waals surface area (Å²) in [6.45, 7) is 13.5. The Morgan fingerprint density at radius 1 is 0.938 bits per heavy atom. The first-order chi connectivity index (χ1) is 22.8. The second-order valence-corrected chi connectivity index (χ2v) is 14.9. The lowest BCUT2D eigenvalue weighted by molar-refractivity contribution is 0.0187. The first-order valence-electron chi connectivity index (χ1n) is 16.9. The summed E-state index contributed by atoms with van der Waals surface area (Å²) in [6.07, 6.45) is 6.87. The van der Waals surface area contributed by atoms with E-state index < -0.39 is 17.3 Å². The molecule has 0 bridgehead atoms. The molecule has 1 N–H and O–H groups in total. The third-order valence-electron chi connectivity index (χ3n) is 8.48. The molecule has 2 fully saturated rings. The quantitative estimate of drug-likeness (QED) is 0.206. The molecular formula is C37H47N7O4. The summed E-state index contributed by atoms with van der Waals surface area (Å²) in [5.74, 6) is 2.03. The van der Waals surface area contributed by atoms with Crippen molar-refractivity contribution >= 4 is 29.5 Å². The number of carbonyl (C=O) groups is 2. The van der Waals surface area contributed by atoms with Gasteiger partial charge in [0.25, 0.3) is 0 Å². The predicted octanol–water partition coefficient (Wildman–Crippen LogP) is 7.67. The zero-order chi connectivity index (χ0) is 34.1. The maximum atomic E-state index is 13.9. The lowest BCUT2D eigenvalue weighted by Crippen LogP contribution is -2.42. The minimum Gasteiger partial charge on any atom is -0.444 e. The van der Waals surface area contributed by atoms with Gasteiger partial charge in [0.1, 0.15) is 22.8 Å². The van der Waals surface area contributed by atoms with Crippen LogP contribution in [0.4, 0.5) is 21.2 Å². The van der Waals surface area contributed by atoms with E-state index in [0.717, 1.165) is 53.7 Å².